The van der Waals surface area contributed by atoms with Crippen molar-refractivity contribution in [2.24, 2.45) is 0 Å². The predicted molar refractivity (Wildman–Crippen MR) is 64.9 cm³/mol. The molecule has 0 aliphatic carbocycles. The molecule has 0 atom stereocenters. The molecular formula is C13H17NO2. The summed E-state index contributed by atoms with van der Waals surface area (Å²) < 4.78 is 0. The van der Waals surface area contributed by atoms with Gasteiger partial charge in [-0.2, -0.15) is 0 Å². The van der Waals surface area contributed by atoms with E-state index in [-0.39, 0.29) is 5.78 Å². The number of unbranched alkanes of at least 4 members (excludes halogenated alkanes) is 1. The maximum atomic E-state index is 10.7. The van der Waals surface area contributed by atoms with Crippen molar-refractivity contribution in [1.82, 2.24) is 0 Å². The van der Waals surface area contributed by atoms with Gasteiger partial charge in [-0.25, -0.2) is 0 Å². The Morgan fingerprint density at radius 1 is 1.31 bits per heavy atom. The van der Waals surface area contributed by atoms with E-state index < -0.39 is 0 Å². The van der Waals surface area contributed by atoms with Crippen molar-refractivity contribution >= 4 is 17.8 Å². The second-order valence-corrected chi connectivity index (χ2v) is 3.79. The van der Waals surface area contributed by atoms with Gasteiger partial charge in [0.05, 0.1) is 0 Å². The summed E-state index contributed by atoms with van der Waals surface area (Å²) in [5.41, 5.74) is 1.54. The van der Waals surface area contributed by atoms with Crippen molar-refractivity contribution in [3.63, 3.8) is 0 Å². The molecule has 1 rings (SSSR count). The van der Waals surface area contributed by atoms with Gasteiger partial charge in [-0.1, -0.05) is 12.1 Å². The number of ketones is 1. The van der Waals surface area contributed by atoms with Crippen LogP contribution in [0.2, 0.25) is 0 Å². The van der Waals surface area contributed by atoms with Crippen LogP contribution >= 0.6 is 0 Å². The number of para-hydroxylation sites is 1. The second-order valence-electron chi connectivity index (χ2n) is 3.79. The van der Waals surface area contributed by atoms with Gasteiger partial charge < -0.3 is 10.1 Å². The molecule has 1 aromatic rings. The highest BCUT2D eigenvalue weighted by molar-refractivity contribution is 5.83. The topological polar surface area (TPSA) is 46.2 Å². The molecule has 0 saturated carbocycles. The molecule has 0 heterocycles. The lowest BCUT2D eigenvalue weighted by molar-refractivity contribution is -0.117. The van der Waals surface area contributed by atoms with E-state index in [2.05, 4.69) is 5.32 Å². The van der Waals surface area contributed by atoms with Crippen LogP contribution in [-0.4, -0.2) is 18.6 Å². The number of hydrogen-bond donors (Lipinski definition) is 1. The van der Waals surface area contributed by atoms with Crippen LogP contribution in [0.15, 0.2) is 24.3 Å². The fourth-order valence-corrected chi connectivity index (χ4v) is 1.48. The third-order valence-electron chi connectivity index (χ3n) is 2.36. The minimum atomic E-state index is 0.230. The van der Waals surface area contributed by atoms with E-state index in [1.165, 1.54) is 0 Å². The molecule has 0 fully saturated rings. The van der Waals surface area contributed by atoms with Gasteiger partial charge in [0.25, 0.3) is 0 Å². The van der Waals surface area contributed by atoms with Crippen LogP contribution < -0.4 is 5.32 Å². The van der Waals surface area contributed by atoms with Crippen molar-refractivity contribution in [3.8, 4) is 0 Å². The molecule has 0 unspecified atom stereocenters. The molecule has 1 aromatic carbocycles. The van der Waals surface area contributed by atoms with E-state index in [4.69, 9.17) is 0 Å². The zero-order valence-corrected chi connectivity index (χ0v) is 9.53. The van der Waals surface area contributed by atoms with Crippen LogP contribution in [0.3, 0.4) is 0 Å². The molecule has 0 aliphatic heterocycles. The Morgan fingerprint density at radius 2 is 2.06 bits per heavy atom. The Hall–Kier alpha value is -1.64. The lowest BCUT2D eigenvalue weighted by atomic mass is 10.1. The normalized spacial score (nSPS) is 9.81. The van der Waals surface area contributed by atoms with Crippen LogP contribution in [-0.2, 0) is 4.79 Å². The predicted octanol–water partition coefficient (Wildman–Crippen LogP) is 2.67. The van der Waals surface area contributed by atoms with Crippen molar-refractivity contribution < 1.29 is 9.59 Å². The molecule has 0 aromatic heterocycles. The number of aldehydes is 1. The average Bonchev–Trinajstić information content (AvgIpc) is 2.29. The van der Waals surface area contributed by atoms with Crippen molar-refractivity contribution in [2.75, 3.05) is 11.9 Å². The summed E-state index contributed by atoms with van der Waals surface area (Å²) in [7, 11) is 0. The van der Waals surface area contributed by atoms with E-state index in [1.807, 2.05) is 18.2 Å². The lowest BCUT2D eigenvalue weighted by Crippen LogP contribution is -2.04. The molecule has 86 valence electrons. The van der Waals surface area contributed by atoms with Crippen LogP contribution in [0, 0.1) is 0 Å². The van der Waals surface area contributed by atoms with Gasteiger partial charge in [0.1, 0.15) is 5.78 Å². The SMILES string of the molecule is CC(=O)CCCCNc1ccccc1C=O. The van der Waals surface area contributed by atoms with E-state index in [0.29, 0.717) is 12.0 Å². The van der Waals surface area contributed by atoms with Crippen molar-refractivity contribution in [1.29, 1.82) is 0 Å². The first-order valence-electron chi connectivity index (χ1n) is 5.51. The molecule has 1 N–H and O–H groups in total. The lowest BCUT2D eigenvalue weighted by Gasteiger charge is -2.07. The third-order valence-corrected chi connectivity index (χ3v) is 2.36. The summed E-state index contributed by atoms with van der Waals surface area (Å²) in [6.45, 7) is 2.40. The summed E-state index contributed by atoms with van der Waals surface area (Å²) in [5.74, 6) is 0.230. The Morgan fingerprint density at radius 3 is 2.75 bits per heavy atom. The maximum absolute atomic E-state index is 10.7. The first-order chi connectivity index (χ1) is 7.74. The maximum Gasteiger partial charge on any atom is 0.152 e. The monoisotopic (exact) mass is 219 g/mol. The molecule has 16 heavy (non-hydrogen) atoms. The van der Waals surface area contributed by atoms with Gasteiger partial charge in [0.15, 0.2) is 6.29 Å². The van der Waals surface area contributed by atoms with E-state index in [9.17, 15) is 9.59 Å². The van der Waals surface area contributed by atoms with Crippen molar-refractivity contribution in [2.45, 2.75) is 26.2 Å². The van der Waals surface area contributed by atoms with Crippen LogP contribution in [0.1, 0.15) is 36.5 Å². The van der Waals surface area contributed by atoms with Gasteiger partial charge in [0, 0.05) is 24.2 Å². The quantitative estimate of drug-likeness (QED) is 0.566. The summed E-state index contributed by atoms with van der Waals surface area (Å²) in [6.07, 6.45) is 3.31. The highest BCUT2D eigenvalue weighted by Gasteiger charge is 1.99. The van der Waals surface area contributed by atoms with Crippen molar-refractivity contribution in [3.05, 3.63) is 29.8 Å². The zero-order valence-electron chi connectivity index (χ0n) is 9.53. The molecule has 0 bridgehead atoms. The highest BCUT2D eigenvalue weighted by atomic mass is 16.1. The fourth-order valence-electron chi connectivity index (χ4n) is 1.48. The number of carbonyl (C=O) groups excluding carboxylic acids is 2. The van der Waals surface area contributed by atoms with Crippen LogP contribution in [0.4, 0.5) is 5.69 Å². The molecule has 0 radical (unpaired) electrons. The second kappa shape index (κ2) is 6.77. The van der Waals surface area contributed by atoms with Crippen LogP contribution in [0.5, 0.6) is 0 Å². The number of anilines is 1. The van der Waals surface area contributed by atoms with Gasteiger partial charge in [-0.3, -0.25) is 4.79 Å². The fraction of sp³-hybridized carbons (Fsp3) is 0.385. The Kier molecular flexibility index (Phi) is 5.26. The van der Waals surface area contributed by atoms with E-state index in [1.54, 1.807) is 13.0 Å². The minimum Gasteiger partial charge on any atom is -0.384 e. The number of benzene rings is 1. The molecule has 0 amide bonds. The number of nitrogens with one attached hydrogen (secondary N) is 1. The van der Waals surface area contributed by atoms with Crippen LogP contribution in [0.25, 0.3) is 0 Å². The molecule has 0 spiro atoms. The van der Waals surface area contributed by atoms with Gasteiger partial charge in [0.2, 0.25) is 0 Å². The summed E-state index contributed by atoms with van der Waals surface area (Å²) >= 11 is 0. The van der Waals surface area contributed by atoms with E-state index >= 15 is 0 Å². The van der Waals surface area contributed by atoms with Gasteiger partial charge >= 0.3 is 0 Å². The highest BCUT2D eigenvalue weighted by Crippen LogP contribution is 2.12. The number of Topliss-reactive ketones (excluding diaryl/α,β-unsaturated/α-hetero) is 1. The molecule has 0 aliphatic rings. The van der Waals surface area contributed by atoms with Gasteiger partial charge in [-0.05, 0) is 31.9 Å². The zero-order chi connectivity index (χ0) is 11.8. The smallest absolute Gasteiger partial charge is 0.152 e. The molecule has 3 heteroatoms. The Labute approximate surface area is 95.9 Å². The first kappa shape index (κ1) is 12.4. The number of hydrogen-bond acceptors (Lipinski definition) is 3. The molecule has 0 saturated heterocycles. The largest absolute Gasteiger partial charge is 0.384 e. The summed E-state index contributed by atoms with van der Waals surface area (Å²) in [6, 6.07) is 7.40. The molecule has 3 nitrogen and oxygen atoms in total. The third kappa shape index (κ3) is 4.26. The first-order valence-corrected chi connectivity index (χ1v) is 5.51. The number of carbonyl (C=O) groups is 2. The number of rotatable bonds is 7. The average molecular weight is 219 g/mol. The minimum absolute atomic E-state index is 0.230. The summed E-state index contributed by atoms with van der Waals surface area (Å²) in [5, 5.41) is 3.20. The van der Waals surface area contributed by atoms with E-state index in [0.717, 1.165) is 31.4 Å². The Bertz CT molecular complexity index is 361. The van der Waals surface area contributed by atoms with Gasteiger partial charge in [-0.15, -0.1) is 0 Å². The summed E-state index contributed by atoms with van der Waals surface area (Å²) in [4.78, 5) is 21.4. The molecular weight excluding hydrogens is 202 g/mol. The standard InChI is InChI=1S/C13H17NO2/c1-11(16)6-4-5-9-14-13-8-3-2-7-12(13)10-15/h2-3,7-8,10,14H,4-6,9H2,1H3. The Balaban J connectivity index is 2.31.